The van der Waals surface area contributed by atoms with E-state index in [9.17, 15) is 4.79 Å². The number of carbonyl (C=O) groups is 1. The predicted molar refractivity (Wildman–Crippen MR) is 44.0 cm³/mol. The minimum absolute atomic E-state index is 0.0639. The summed E-state index contributed by atoms with van der Waals surface area (Å²) in [5.41, 5.74) is 10.2. The second-order valence-electron chi connectivity index (χ2n) is 2.47. The fraction of sp³-hybridized carbons (Fsp3) is 0.667. The van der Waals surface area contributed by atoms with Crippen LogP contribution in [0.3, 0.4) is 0 Å². The highest BCUT2D eigenvalue weighted by atomic mass is 16.1. The molecular formula is C6H14N4O. The van der Waals surface area contributed by atoms with Crippen molar-refractivity contribution in [3.8, 4) is 0 Å². The molecule has 0 aromatic carbocycles. The quantitative estimate of drug-likeness (QED) is 0.355. The van der Waals surface area contributed by atoms with E-state index in [1.165, 1.54) is 0 Å². The molecule has 5 heteroatoms. The van der Waals surface area contributed by atoms with E-state index in [2.05, 4.69) is 10.3 Å². The molecule has 0 aliphatic heterocycles. The number of hydrogen-bond donors (Lipinski definition) is 3. The molecule has 0 heterocycles. The van der Waals surface area contributed by atoms with Gasteiger partial charge < -0.3 is 16.8 Å². The van der Waals surface area contributed by atoms with Crippen molar-refractivity contribution in [3.63, 3.8) is 0 Å². The van der Waals surface area contributed by atoms with Gasteiger partial charge in [-0.15, -0.1) is 0 Å². The first-order chi connectivity index (χ1) is 5.02. The van der Waals surface area contributed by atoms with Crippen LogP contribution >= 0.6 is 0 Å². The summed E-state index contributed by atoms with van der Waals surface area (Å²) < 4.78 is 0. The van der Waals surface area contributed by atoms with Gasteiger partial charge in [-0.1, -0.05) is 0 Å². The number of amides is 1. The van der Waals surface area contributed by atoms with Crippen molar-refractivity contribution in [1.82, 2.24) is 5.32 Å². The van der Waals surface area contributed by atoms with E-state index >= 15 is 0 Å². The van der Waals surface area contributed by atoms with E-state index in [1.807, 2.05) is 13.8 Å². The topological polar surface area (TPSA) is 93.5 Å². The summed E-state index contributed by atoms with van der Waals surface area (Å²) in [7, 11) is 0. The normalized spacial score (nSPS) is 11.7. The molecule has 5 nitrogen and oxygen atoms in total. The minimum Gasteiger partial charge on any atom is -0.370 e. The van der Waals surface area contributed by atoms with Crippen LogP contribution in [0.5, 0.6) is 0 Å². The molecule has 0 saturated carbocycles. The van der Waals surface area contributed by atoms with Crippen molar-refractivity contribution in [1.29, 1.82) is 0 Å². The number of primary amides is 1. The van der Waals surface area contributed by atoms with Crippen molar-refractivity contribution in [2.45, 2.75) is 19.9 Å². The number of rotatable bonds is 3. The van der Waals surface area contributed by atoms with Crippen LogP contribution in [0.4, 0.5) is 0 Å². The lowest BCUT2D eigenvalue weighted by atomic mass is 10.4. The Balaban J connectivity index is 3.72. The van der Waals surface area contributed by atoms with E-state index in [1.54, 1.807) is 0 Å². The van der Waals surface area contributed by atoms with Crippen molar-refractivity contribution in [2.24, 2.45) is 16.5 Å². The number of nitrogens with zero attached hydrogens (tertiary/aromatic N) is 1. The molecule has 0 unspecified atom stereocenters. The molecule has 0 aromatic heterocycles. The summed E-state index contributed by atoms with van der Waals surface area (Å²) in [5.74, 6) is -0.239. The van der Waals surface area contributed by atoms with Crippen LogP contribution in [0.2, 0.25) is 0 Å². The number of hydrogen-bond acceptors (Lipinski definition) is 2. The summed E-state index contributed by atoms with van der Waals surface area (Å²) >= 11 is 0. The summed E-state index contributed by atoms with van der Waals surface area (Å²) in [5, 5.41) is 2.82. The zero-order valence-electron chi connectivity index (χ0n) is 6.79. The smallest absolute Gasteiger partial charge is 0.239 e. The lowest BCUT2D eigenvalue weighted by molar-refractivity contribution is -0.116. The van der Waals surface area contributed by atoms with Gasteiger partial charge in [0.1, 0.15) is 6.54 Å². The van der Waals surface area contributed by atoms with Gasteiger partial charge in [-0.3, -0.25) is 4.79 Å². The average Bonchev–Trinajstić information content (AvgIpc) is 1.82. The standard InChI is InChI=1S/C6H14N4O/c1-4(2)10-6(8)9-3-5(7)11/h4H,3H2,1-2H3,(H2,7,11)(H3,8,9,10). The maximum atomic E-state index is 10.2. The third-order valence-corrected chi connectivity index (χ3v) is 0.842. The maximum absolute atomic E-state index is 10.2. The van der Waals surface area contributed by atoms with Crippen LogP contribution < -0.4 is 16.8 Å². The van der Waals surface area contributed by atoms with Gasteiger partial charge in [0, 0.05) is 6.04 Å². The summed E-state index contributed by atoms with van der Waals surface area (Å²) in [6.45, 7) is 3.78. The molecule has 0 radical (unpaired) electrons. The highest BCUT2D eigenvalue weighted by Gasteiger charge is 1.95. The highest BCUT2D eigenvalue weighted by molar-refractivity contribution is 5.83. The molecule has 0 fully saturated rings. The monoisotopic (exact) mass is 158 g/mol. The van der Waals surface area contributed by atoms with E-state index in [4.69, 9.17) is 11.5 Å². The second-order valence-corrected chi connectivity index (χ2v) is 2.47. The van der Waals surface area contributed by atoms with E-state index in [0.717, 1.165) is 0 Å². The van der Waals surface area contributed by atoms with E-state index < -0.39 is 5.91 Å². The van der Waals surface area contributed by atoms with Gasteiger partial charge in [-0.25, -0.2) is 4.99 Å². The molecule has 11 heavy (non-hydrogen) atoms. The van der Waals surface area contributed by atoms with Gasteiger partial charge in [-0.05, 0) is 13.8 Å². The molecule has 0 spiro atoms. The fourth-order valence-electron chi connectivity index (χ4n) is 0.505. The Hall–Kier alpha value is -1.26. The highest BCUT2D eigenvalue weighted by Crippen LogP contribution is 1.75. The molecular weight excluding hydrogens is 144 g/mol. The molecule has 1 amide bonds. The van der Waals surface area contributed by atoms with Gasteiger partial charge in [0.05, 0.1) is 0 Å². The molecule has 0 aromatic rings. The first kappa shape index (κ1) is 9.74. The van der Waals surface area contributed by atoms with Crippen LogP contribution in [-0.4, -0.2) is 24.5 Å². The fourth-order valence-corrected chi connectivity index (χ4v) is 0.505. The molecule has 5 N–H and O–H groups in total. The molecule has 0 atom stereocenters. The molecule has 0 bridgehead atoms. The van der Waals surface area contributed by atoms with E-state index in [0.29, 0.717) is 0 Å². The second kappa shape index (κ2) is 4.54. The van der Waals surface area contributed by atoms with Crippen LogP contribution in [-0.2, 0) is 4.79 Å². The predicted octanol–water partition coefficient (Wildman–Crippen LogP) is -1.22. The van der Waals surface area contributed by atoms with Gasteiger partial charge in [0.25, 0.3) is 0 Å². The number of carbonyl (C=O) groups excluding carboxylic acids is 1. The first-order valence-corrected chi connectivity index (χ1v) is 3.37. The lowest BCUT2D eigenvalue weighted by Crippen LogP contribution is -2.37. The van der Waals surface area contributed by atoms with Crippen molar-refractivity contribution >= 4 is 11.9 Å². The van der Waals surface area contributed by atoms with Crippen LogP contribution in [0.15, 0.2) is 4.99 Å². The zero-order chi connectivity index (χ0) is 8.85. The third-order valence-electron chi connectivity index (χ3n) is 0.842. The number of nitrogens with two attached hydrogens (primary N) is 2. The minimum atomic E-state index is -0.487. The molecule has 0 saturated heterocycles. The average molecular weight is 158 g/mol. The Morgan fingerprint density at radius 3 is 2.45 bits per heavy atom. The summed E-state index contributed by atoms with van der Waals surface area (Å²) in [4.78, 5) is 13.9. The Bertz CT molecular complexity index is 164. The number of aliphatic imine (C=N–C) groups is 1. The zero-order valence-corrected chi connectivity index (χ0v) is 6.79. The van der Waals surface area contributed by atoms with E-state index in [-0.39, 0.29) is 18.5 Å². The largest absolute Gasteiger partial charge is 0.370 e. The lowest BCUT2D eigenvalue weighted by Gasteiger charge is -2.07. The van der Waals surface area contributed by atoms with Gasteiger partial charge >= 0.3 is 0 Å². The van der Waals surface area contributed by atoms with Gasteiger partial charge in [-0.2, -0.15) is 0 Å². The van der Waals surface area contributed by atoms with Crippen LogP contribution in [0.1, 0.15) is 13.8 Å². The maximum Gasteiger partial charge on any atom is 0.239 e. The molecule has 0 rings (SSSR count). The van der Waals surface area contributed by atoms with Crippen molar-refractivity contribution in [2.75, 3.05) is 6.54 Å². The molecule has 0 aliphatic rings. The first-order valence-electron chi connectivity index (χ1n) is 3.37. The van der Waals surface area contributed by atoms with Gasteiger partial charge in [0.2, 0.25) is 5.91 Å². The Kier molecular flexibility index (Phi) is 4.02. The van der Waals surface area contributed by atoms with Crippen molar-refractivity contribution < 1.29 is 4.79 Å². The SMILES string of the molecule is CC(C)NC(N)=NCC(N)=O. The Morgan fingerprint density at radius 2 is 2.09 bits per heavy atom. The van der Waals surface area contributed by atoms with Crippen LogP contribution in [0.25, 0.3) is 0 Å². The summed E-state index contributed by atoms with van der Waals surface area (Å²) in [6, 6.07) is 0.214. The van der Waals surface area contributed by atoms with Gasteiger partial charge in [0.15, 0.2) is 5.96 Å². The van der Waals surface area contributed by atoms with Crippen molar-refractivity contribution in [3.05, 3.63) is 0 Å². The Labute approximate surface area is 65.9 Å². The molecule has 0 aliphatic carbocycles. The van der Waals surface area contributed by atoms with Crippen LogP contribution in [0, 0.1) is 0 Å². The molecule has 64 valence electrons. The Morgan fingerprint density at radius 1 is 1.55 bits per heavy atom. The number of nitrogens with one attached hydrogen (secondary N) is 1. The summed E-state index contributed by atoms with van der Waals surface area (Å²) in [6.07, 6.45) is 0. The number of guanidine groups is 1. The third kappa shape index (κ3) is 6.63.